The second-order valence-corrected chi connectivity index (χ2v) is 15.9. The van der Waals surface area contributed by atoms with Gasteiger partial charge in [-0.1, -0.05) is 101 Å². The number of dihydropyridines is 1. The van der Waals surface area contributed by atoms with Crippen LogP contribution < -0.4 is 0 Å². The SMILES string of the molecule is CC1(C)CC2(CC(C)(C)c3ccc(-c4ccc5ccc6cccnc6c5n4)cc32)c2cc(C3=NC4c5ncccc5C=CC4C=C3)ccc21. The number of nitrogens with zero attached hydrogens (tertiary/aromatic N) is 4. The number of fused-ring (bicyclic) bond motifs is 10. The zero-order chi connectivity index (χ0) is 33.1. The van der Waals surface area contributed by atoms with Crippen molar-refractivity contribution in [3.63, 3.8) is 0 Å². The first-order valence-corrected chi connectivity index (χ1v) is 17.5. The molecule has 3 atom stereocenters. The van der Waals surface area contributed by atoms with E-state index in [0.717, 1.165) is 57.3 Å². The predicted molar refractivity (Wildman–Crippen MR) is 200 cm³/mol. The zero-order valence-electron chi connectivity index (χ0n) is 28.4. The summed E-state index contributed by atoms with van der Waals surface area (Å²) in [7, 11) is 0. The number of pyridine rings is 3. The largest absolute Gasteiger partial charge is 0.274 e. The first kappa shape index (κ1) is 28.8. The molecule has 49 heavy (non-hydrogen) atoms. The molecule has 0 bridgehead atoms. The minimum Gasteiger partial charge on any atom is -0.274 e. The van der Waals surface area contributed by atoms with Crippen LogP contribution in [0.1, 0.15) is 85.7 Å². The highest BCUT2D eigenvalue weighted by molar-refractivity contribution is 6.09. The first-order valence-electron chi connectivity index (χ1n) is 17.5. The van der Waals surface area contributed by atoms with Crippen LogP contribution in [0.15, 0.2) is 121 Å². The lowest BCUT2D eigenvalue weighted by atomic mass is 9.72. The molecule has 4 heteroatoms. The summed E-state index contributed by atoms with van der Waals surface area (Å²) < 4.78 is 0. The maximum Gasteiger partial charge on any atom is 0.103 e. The lowest BCUT2D eigenvalue weighted by molar-refractivity contribution is 0.349. The molecule has 4 nitrogen and oxygen atoms in total. The predicted octanol–water partition coefficient (Wildman–Crippen LogP) is 10.2. The van der Waals surface area contributed by atoms with Gasteiger partial charge in [0, 0.05) is 40.1 Å². The lowest BCUT2D eigenvalue weighted by Crippen LogP contribution is -2.27. The van der Waals surface area contributed by atoms with Gasteiger partial charge in [-0.25, -0.2) is 4.98 Å². The van der Waals surface area contributed by atoms with Gasteiger partial charge in [-0.2, -0.15) is 0 Å². The number of rotatable bonds is 2. The summed E-state index contributed by atoms with van der Waals surface area (Å²) in [6.45, 7) is 9.71. The molecule has 4 heterocycles. The summed E-state index contributed by atoms with van der Waals surface area (Å²) in [4.78, 5) is 20.1. The Labute approximate surface area is 287 Å². The van der Waals surface area contributed by atoms with Gasteiger partial charge in [-0.3, -0.25) is 15.0 Å². The standard InChI is InChI=1S/C45H38N4/c1-43(2)25-45(35-23-31(13-17-33(35)43)37-19-15-29-11-9-27-7-5-21-46-39(27)41(29)48-37)26-44(3,4)34-18-14-32(24-36(34)45)38-20-16-30-12-10-28-8-6-22-47-40(28)42(30)49-38/h5-24,29,41H,25-26H2,1-4H3. The van der Waals surface area contributed by atoms with E-state index in [9.17, 15) is 0 Å². The average molecular weight is 635 g/mol. The van der Waals surface area contributed by atoms with Crippen LogP contribution >= 0.6 is 0 Å². The molecule has 0 N–H and O–H groups in total. The van der Waals surface area contributed by atoms with Crippen molar-refractivity contribution in [1.29, 1.82) is 0 Å². The number of hydrogen-bond acceptors (Lipinski definition) is 4. The van der Waals surface area contributed by atoms with Crippen LogP contribution in [0.2, 0.25) is 0 Å². The van der Waals surface area contributed by atoms with Crippen LogP contribution in [0.4, 0.5) is 0 Å². The van der Waals surface area contributed by atoms with Crippen molar-refractivity contribution in [1.82, 2.24) is 15.0 Å². The molecule has 3 aromatic carbocycles. The van der Waals surface area contributed by atoms with Crippen molar-refractivity contribution in [2.45, 2.75) is 62.8 Å². The van der Waals surface area contributed by atoms with Gasteiger partial charge >= 0.3 is 0 Å². The molecule has 0 radical (unpaired) electrons. The summed E-state index contributed by atoms with van der Waals surface area (Å²) in [6.07, 6.45) is 14.9. The third kappa shape index (κ3) is 4.16. The quantitative estimate of drug-likeness (QED) is 0.178. The normalized spacial score (nSPS) is 23.7. The van der Waals surface area contributed by atoms with E-state index in [4.69, 9.17) is 19.9 Å². The third-order valence-corrected chi connectivity index (χ3v) is 11.8. The van der Waals surface area contributed by atoms with E-state index >= 15 is 0 Å². The summed E-state index contributed by atoms with van der Waals surface area (Å²) in [6, 6.07) is 31.2. The molecule has 3 aromatic heterocycles. The van der Waals surface area contributed by atoms with Crippen molar-refractivity contribution in [3.05, 3.63) is 155 Å². The highest BCUT2D eigenvalue weighted by atomic mass is 14.9. The van der Waals surface area contributed by atoms with Crippen LogP contribution in [-0.4, -0.2) is 20.7 Å². The van der Waals surface area contributed by atoms with Gasteiger partial charge in [0.1, 0.15) is 6.04 Å². The van der Waals surface area contributed by atoms with Gasteiger partial charge in [0.15, 0.2) is 0 Å². The molecule has 0 fully saturated rings. The van der Waals surface area contributed by atoms with E-state index in [1.807, 2.05) is 24.5 Å². The summed E-state index contributed by atoms with van der Waals surface area (Å²) in [5.74, 6) is 0.240. The number of hydrogen-bond donors (Lipinski definition) is 0. The van der Waals surface area contributed by atoms with Crippen LogP contribution in [0.25, 0.3) is 39.1 Å². The van der Waals surface area contributed by atoms with Gasteiger partial charge < -0.3 is 0 Å². The fraction of sp³-hybridized carbons (Fsp3) is 0.244. The fourth-order valence-corrected chi connectivity index (χ4v) is 9.75. The number of benzene rings is 3. The Morgan fingerprint density at radius 2 is 1.27 bits per heavy atom. The third-order valence-electron chi connectivity index (χ3n) is 11.8. The Kier molecular flexibility index (Phi) is 5.82. The van der Waals surface area contributed by atoms with E-state index in [-0.39, 0.29) is 28.2 Å². The Morgan fingerprint density at radius 1 is 0.612 bits per heavy atom. The van der Waals surface area contributed by atoms with E-state index in [1.165, 1.54) is 33.4 Å². The summed E-state index contributed by atoms with van der Waals surface area (Å²) in [5, 5.41) is 2.23. The van der Waals surface area contributed by atoms with Gasteiger partial charge in [-0.15, -0.1) is 0 Å². The lowest BCUT2D eigenvalue weighted by Gasteiger charge is -2.31. The number of aliphatic imine (C=N–C) groups is 1. The summed E-state index contributed by atoms with van der Waals surface area (Å²) in [5.41, 5.74) is 14.3. The first-order chi connectivity index (χ1) is 23.7. The Hall–Kier alpha value is -5.22. The molecular formula is C45H38N4. The van der Waals surface area contributed by atoms with Crippen molar-refractivity contribution >= 4 is 33.6 Å². The van der Waals surface area contributed by atoms with Crippen molar-refractivity contribution in [2.24, 2.45) is 10.9 Å². The van der Waals surface area contributed by atoms with Crippen molar-refractivity contribution in [3.8, 4) is 11.3 Å². The van der Waals surface area contributed by atoms with Crippen molar-refractivity contribution < 1.29 is 0 Å². The molecule has 10 rings (SSSR count). The van der Waals surface area contributed by atoms with Gasteiger partial charge in [0.25, 0.3) is 0 Å². The zero-order valence-corrected chi connectivity index (χ0v) is 28.4. The molecule has 6 aromatic rings. The van der Waals surface area contributed by atoms with Gasteiger partial charge in [0.2, 0.25) is 0 Å². The molecular weight excluding hydrogens is 597 g/mol. The molecule has 0 saturated carbocycles. The van der Waals surface area contributed by atoms with Gasteiger partial charge in [0.05, 0.1) is 28.1 Å². The average Bonchev–Trinajstić information content (AvgIpc) is 3.49. The maximum absolute atomic E-state index is 5.37. The molecule has 1 spiro atoms. The Bertz CT molecular complexity index is 2480. The second kappa shape index (κ2) is 9.92. The smallest absolute Gasteiger partial charge is 0.103 e. The monoisotopic (exact) mass is 634 g/mol. The molecule has 4 aliphatic rings. The molecule has 3 aliphatic carbocycles. The summed E-state index contributed by atoms with van der Waals surface area (Å²) >= 11 is 0. The molecule has 238 valence electrons. The minimum absolute atomic E-state index is 0.00956. The Morgan fingerprint density at radius 3 is 2.06 bits per heavy atom. The topological polar surface area (TPSA) is 51.0 Å². The van der Waals surface area contributed by atoms with Crippen LogP contribution in [0.3, 0.4) is 0 Å². The fourth-order valence-electron chi connectivity index (χ4n) is 9.75. The number of aromatic nitrogens is 3. The van der Waals surface area contributed by atoms with E-state index in [2.05, 4.69) is 125 Å². The van der Waals surface area contributed by atoms with Gasteiger partial charge in [-0.05, 0) is 93.5 Å². The van der Waals surface area contributed by atoms with Crippen molar-refractivity contribution in [2.75, 3.05) is 0 Å². The highest BCUT2D eigenvalue weighted by Gasteiger charge is 2.56. The second-order valence-electron chi connectivity index (χ2n) is 15.9. The van der Waals surface area contributed by atoms with Crippen LogP contribution in [-0.2, 0) is 16.2 Å². The number of allylic oxidation sites excluding steroid dienone is 1. The molecule has 0 saturated heterocycles. The Balaban J connectivity index is 1.12. The molecule has 0 amide bonds. The van der Waals surface area contributed by atoms with Crippen LogP contribution in [0, 0.1) is 5.92 Å². The maximum atomic E-state index is 5.37. The van der Waals surface area contributed by atoms with E-state index < -0.39 is 0 Å². The van der Waals surface area contributed by atoms with E-state index in [1.54, 1.807) is 0 Å². The molecule has 3 unspecified atom stereocenters. The molecule has 1 aliphatic heterocycles. The minimum atomic E-state index is -0.0992. The highest BCUT2D eigenvalue weighted by Crippen LogP contribution is 2.63. The van der Waals surface area contributed by atoms with E-state index in [0.29, 0.717) is 0 Å². The van der Waals surface area contributed by atoms with Crippen LogP contribution in [0.5, 0.6) is 0 Å².